The fourth-order valence-corrected chi connectivity index (χ4v) is 2.72. The van der Waals surface area contributed by atoms with E-state index in [1.165, 1.54) is 23.8 Å². The zero-order valence-electron chi connectivity index (χ0n) is 13.8. The number of aryl methyl sites for hydroxylation is 1. The zero-order chi connectivity index (χ0) is 19.0. The lowest BCUT2D eigenvalue weighted by atomic mass is 10.2. The van der Waals surface area contributed by atoms with Gasteiger partial charge >= 0.3 is 11.9 Å². The van der Waals surface area contributed by atoms with Crippen LogP contribution in [0.2, 0.25) is 5.02 Å². The average Bonchev–Trinajstić information content (AvgIpc) is 2.91. The van der Waals surface area contributed by atoms with Crippen molar-refractivity contribution in [1.82, 2.24) is 14.5 Å². The third-order valence-corrected chi connectivity index (χ3v) is 4.12. The third kappa shape index (κ3) is 3.11. The second kappa shape index (κ2) is 6.72. The van der Waals surface area contributed by atoms with E-state index in [1.807, 2.05) is 0 Å². The monoisotopic (exact) mass is 377 g/mol. The van der Waals surface area contributed by atoms with Crippen LogP contribution in [-0.2, 0) is 16.1 Å². The Morgan fingerprint density at radius 2 is 2.04 bits per heavy atom. The molecule has 3 rings (SSSR count). The Morgan fingerprint density at radius 1 is 1.31 bits per heavy atom. The summed E-state index contributed by atoms with van der Waals surface area (Å²) in [6, 6.07) is 5.60. The highest BCUT2D eigenvalue weighted by molar-refractivity contribution is 6.30. The molecule has 1 aromatic carbocycles. The lowest BCUT2D eigenvalue weighted by molar-refractivity contribution is -0.137. The maximum Gasteiger partial charge on any atom is 0.357 e. The fraction of sp³-hybridized carbons (Fsp3) is 0.176. The predicted molar refractivity (Wildman–Crippen MR) is 91.6 cm³/mol. The van der Waals surface area contributed by atoms with Gasteiger partial charge in [0.1, 0.15) is 18.0 Å². The SMILES string of the molecule is COC(=O)c1nc(-c2ccc(Cl)c(F)c2)nc2c1cc(C)n2CC(=O)O. The van der Waals surface area contributed by atoms with Gasteiger partial charge in [0.2, 0.25) is 0 Å². The first-order valence-corrected chi connectivity index (χ1v) is 7.83. The molecule has 2 heterocycles. The van der Waals surface area contributed by atoms with Crippen LogP contribution in [0.4, 0.5) is 4.39 Å². The van der Waals surface area contributed by atoms with Crippen molar-refractivity contribution < 1.29 is 23.8 Å². The highest BCUT2D eigenvalue weighted by Gasteiger charge is 2.21. The van der Waals surface area contributed by atoms with Crippen molar-refractivity contribution >= 4 is 34.6 Å². The van der Waals surface area contributed by atoms with E-state index >= 15 is 0 Å². The lowest BCUT2D eigenvalue weighted by Gasteiger charge is -2.08. The molecule has 0 unspecified atom stereocenters. The minimum Gasteiger partial charge on any atom is -0.480 e. The summed E-state index contributed by atoms with van der Waals surface area (Å²) < 4.78 is 20.0. The van der Waals surface area contributed by atoms with Crippen molar-refractivity contribution in [3.63, 3.8) is 0 Å². The maximum atomic E-state index is 13.8. The number of rotatable bonds is 4. The number of carbonyl (C=O) groups excluding carboxylic acids is 1. The van der Waals surface area contributed by atoms with Crippen molar-refractivity contribution in [2.75, 3.05) is 7.11 Å². The Hall–Kier alpha value is -3.00. The Kier molecular flexibility index (Phi) is 4.60. The molecule has 0 bridgehead atoms. The van der Waals surface area contributed by atoms with E-state index in [2.05, 4.69) is 9.97 Å². The molecule has 0 saturated heterocycles. The van der Waals surface area contributed by atoms with E-state index in [4.69, 9.17) is 21.4 Å². The van der Waals surface area contributed by atoms with Crippen LogP contribution in [0.5, 0.6) is 0 Å². The summed E-state index contributed by atoms with van der Waals surface area (Å²) in [6.07, 6.45) is 0. The van der Waals surface area contributed by atoms with Crippen LogP contribution >= 0.6 is 11.6 Å². The van der Waals surface area contributed by atoms with E-state index in [0.29, 0.717) is 16.6 Å². The number of nitrogens with zero attached hydrogens (tertiary/aromatic N) is 3. The number of aromatic nitrogens is 3. The molecule has 0 aliphatic carbocycles. The number of benzene rings is 1. The largest absolute Gasteiger partial charge is 0.480 e. The molecule has 2 aromatic heterocycles. The Morgan fingerprint density at radius 3 is 2.65 bits per heavy atom. The quantitative estimate of drug-likeness (QED) is 0.702. The predicted octanol–water partition coefficient (Wildman–Crippen LogP) is 3.07. The van der Waals surface area contributed by atoms with Crippen LogP contribution in [0.1, 0.15) is 16.2 Å². The molecule has 0 aliphatic rings. The van der Waals surface area contributed by atoms with Crippen LogP contribution in [0.25, 0.3) is 22.4 Å². The number of carboxylic acid groups (broad SMARTS) is 1. The van der Waals surface area contributed by atoms with Gasteiger partial charge in [-0.1, -0.05) is 11.6 Å². The molecule has 26 heavy (non-hydrogen) atoms. The van der Waals surface area contributed by atoms with Crippen molar-refractivity contribution in [3.8, 4) is 11.4 Å². The number of fused-ring (bicyclic) bond motifs is 1. The second-order valence-electron chi connectivity index (χ2n) is 5.52. The van der Waals surface area contributed by atoms with Gasteiger partial charge in [0, 0.05) is 11.3 Å². The van der Waals surface area contributed by atoms with Gasteiger partial charge in [-0.2, -0.15) is 0 Å². The van der Waals surface area contributed by atoms with E-state index < -0.39 is 17.8 Å². The highest BCUT2D eigenvalue weighted by atomic mass is 35.5. The van der Waals surface area contributed by atoms with Gasteiger partial charge < -0.3 is 14.4 Å². The molecule has 0 spiro atoms. The summed E-state index contributed by atoms with van der Waals surface area (Å²) in [7, 11) is 1.21. The van der Waals surface area contributed by atoms with Crippen LogP contribution in [-0.4, -0.2) is 38.7 Å². The van der Waals surface area contributed by atoms with Gasteiger partial charge in [-0.25, -0.2) is 19.2 Å². The maximum absolute atomic E-state index is 13.8. The molecule has 7 nitrogen and oxygen atoms in total. The molecule has 0 atom stereocenters. The number of carbonyl (C=O) groups is 2. The number of hydrogen-bond donors (Lipinski definition) is 1. The fourth-order valence-electron chi connectivity index (χ4n) is 2.60. The van der Waals surface area contributed by atoms with Crippen molar-refractivity contribution in [1.29, 1.82) is 0 Å². The number of methoxy groups -OCH3 is 1. The van der Waals surface area contributed by atoms with Gasteiger partial charge in [0.25, 0.3) is 0 Å². The molecule has 1 N–H and O–H groups in total. The summed E-state index contributed by atoms with van der Waals surface area (Å²) in [4.78, 5) is 31.8. The number of esters is 1. The van der Waals surface area contributed by atoms with E-state index in [-0.39, 0.29) is 28.7 Å². The van der Waals surface area contributed by atoms with Crippen LogP contribution in [0.15, 0.2) is 24.3 Å². The molecule has 9 heteroatoms. The molecule has 0 radical (unpaired) electrons. The summed E-state index contributed by atoms with van der Waals surface area (Å²) in [6.45, 7) is 1.34. The van der Waals surface area contributed by atoms with Gasteiger partial charge in [0.15, 0.2) is 11.5 Å². The van der Waals surface area contributed by atoms with Crippen molar-refractivity contribution in [3.05, 3.63) is 46.5 Å². The summed E-state index contributed by atoms with van der Waals surface area (Å²) in [5.74, 6) is -2.38. The summed E-state index contributed by atoms with van der Waals surface area (Å²) in [5, 5.41) is 9.42. The summed E-state index contributed by atoms with van der Waals surface area (Å²) in [5.41, 5.74) is 1.08. The highest BCUT2D eigenvalue weighted by Crippen LogP contribution is 2.27. The number of aliphatic carboxylic acids is 1. The van der Waals surface area contributed by atoms with Crippen LogP contribution in [0.3, 0.4) is 0 Å². The molecule has 0 saturated carbocycles. The smallest absolute Gasteiger partial charge is 0.357 e. The average molecular weight is 378 g/mol. The lowest BCUT2D eigenvalue weighted by Crippen LogP contribution is -2.12. The first-order valence-electron chi connectivity index (χ1n) is 7.45. The van der Waals surface area contributed by atoms with E-state index in [9.17, 15) is 14.0 Å². The topological polar surface area (TPSA) is 94.3 Å². The molecule has 0 amide bonds. The Bertz CT molecular complexity index is 1050. The number of halogens is 2. The minimum absolute atomic E-state index is 0.0323. The molecule has 0 fully saturated rings. The standard InChI is InChI=1S/C17H13ClFN3O4/c1-8-5-10-14(17(25)26-2)20-15(9-3-4-11(18)12(19)6-9)21-16(10)22(8)7-13(23)24/h3-6H,7H2,1-2H3,(H,23,24). The number of hydrogen-bond acceptors (Lipinski definition) is 5. The normalized spacial score (nSPS) is 10.9. The molecule has 134 valence electrons. The van der Waals surface area contributed by atoms with Crippen LogP contribution < -0.4 is 0 Å². The third-order valence-electron chi connectivity index (χ3n) is 3.81. The van der Waals surface area contributed by atoms with E-state index in [1.54, 1.807) is 13.0 Å². The molecule has 3 aromatic rings. The molecular weight excluding hydrogens is 365 g/mol. The Balaban J connectivity index is 2.31. The van der Waals surface area contributed by atoms with Gasteiger partial charge in [-0.3, -0.25) is 4.79 Å². The van der Waals surface area contributed by atoms with E-state index in [0.717, 1.165) is 6.07 Å². The first-order chi connectivity index (χ1) is 12.3. The zero-order valence-corrected chi connectivity index (χ0v) is 14.5. The number of ether oxygens (including phenoxy) is 1. The van der Waals surface area contributed by atoms with Gasteiger partial charge in [0.05, 0.1) is 17.5 Å². The Labute approximate surface area is 152 Å². The first kappa shape index (κ1) is 17.8. The van der Waals surface area contributed by atoms with Crippen molar-refractivity contribution in [2.45, 2.75) is 13.5 Å². The molecule has 0 aliphatic heterocycles. The van der Waals surface area contributed by atoms with Gasteiger partial charge in [-0.05, 0) is 31.2 Å². The second-order valence-corrected chi connectivity index (χ2v) is 5.93. The van der Waals surface area contributed by atoms with Gasteiger partial charge in [-0.15, -0.1) is 0 Å². The molecular formula is C17H13ClFN3O4. The summed E-state index contributed by atoms with van der Waals surface area (Å²) >= 11 is 5.69. The minimum atomic E-state index is -1.07. The number of carboxylic acids is 1. The van der Waals surface area contributed by atoms with Crippen molar-refractivity contribution in [2.24, 2.45) is 0 Å². The van der Waals surface area contributed by atoms with Crippen LogP contribution in [0, 0.1) is 12.7 Å².